The molecule has 0 aliphatic carbocycles. The molecule has 30 heavy (non-hydrogen) atoms. The molecule has 1 aliphatic rings. The van der Waals surface area contributed by atoms with E-state index >= 15 is 0 Å². The van der Waals surface area contributed by atoms with Gasteiger partial charge in [-0.2, -0.15) is 0 Å². The quantitative estimate of drug-likeness (QED) is 0.695. The van der Waals surface area contributed by atoms with Gasteiger partial charge in [-0.1, -0.05) is 18.5 Å². The molecule has 1 saturated heterocycles. The highest BCUT2D eigenvalue weighted by molar-refractivity contribution is 7.92. The van der Waals surface area contributed by atoms with Crippen molar-refractivity contribution in [2.24, 2.45) is 5.92 Å². The maximum absolute atomic E-state index is 13.0. The Morgan fingerprint density at radius 2 is 1.53 bits per heavy atom. The summed E-state index contributed by atoms with van der Waals surface area (Å²) in [5, 5.41) is 0.425. The van der Waals surface area contributed by atoms with Crippen molar-refractivity contribution in [3.05, 3.63) is 47.5 Å². The average Bonchev–Trinajstić information content (AvgIpc) is 2.69. The molecule has 0 atom stereocenters. The van der Waals surface area contributed by atoms with Gasteiger partial charge < -0.3 is 4.90 Å². The monoisotopic (exact) mass is 471 g/mol. The number of benzene rings is 2. The van der Waals surface area contributed by atoms with Crippen molar-refractivity contribution in [3.63, 3.8) is 0 Å². The minimum atomic E-state index is -3.93. The van der Waals surface area contributed by atoms with Gasteiger partial charge in [0, 0.05) is 32.2 Å². The Bertz CT molecular complexity index is 1110. The van der Waals surface area contributed by atoms with Crippen LogP contribution in [-0.4, -0.2) is 48.3 Å². The van der Waals surface area contributed by atoms with Gasteiger partial charge in [0.15, 0.2) is 0 Å². The topological polar surface area (TPSA) is 86.8 Å². The summed E-state index contributed by atoms with van der Waals surface area (Å²) in [4.78, 5) is 2.15. The van der Waals surface area contributed by atoms with Crippen molar-refractivity contribution >= 4 is 43.0 Å². The summed E-state index contributed by atoms with van der Waals surface area (Å²) in [6.07, 6.45) is 2.08. The van der Waals surface area contributed by atoms with Crippen molar-refractivity contribution in [3.8, 4) is 0 Å². The molecule has 3 rings (SSSR count). The van der Waals surface area contributed by atoms with Gasteiger partial charge in [0.05, 0.1) is 21.2 Å². The van der Waals surface area contributed by atoms with Gasteiger partial charge in [-0.15, -0.1) is 0 Å². The maximum Gasteiger partial charge on any atom is 0.261 e. The lowest BCUT2D eigenvalue weighted by molar-refractivity contribution is 0.438. The van der Waals surface area contributed by atoms with E-state index in [9.17, 15) is 16.8 Å². The van der Waals surface area contributed by atoms with Gasteiger partial charge in [-0.25, -0.2) is 21.1 Å². The molecule has 0 saturated carbocycles. The first-order chi connectivity index (χ1) is 14.0. The molecule has 1 fully saturated rings. The number of nitrogens with one attached hydrogen (secondary N) is 1. The van der Waals surface area contributed by atoms with Crippen LogP contribution in [0.25, 0.3) is 0 Å². The summed E-state index contributed by atoms with van der Waals surface area (Å²) >= 11 is 6.13. The predicted octanol–water partition coefficient (Wildman–Crippen LogP) is 3.63. The number of anilines is 2. The molecular formula is C20H26ClN3O4S2. The van der Waals surface area contributed by atoms with Gasteiger partial charge in [-0.05, 0) is 61.2 Å². The SMILES string of the molecule is CC1CCN(c2ccc(Cl)cc2NS(=O)(=O)c2ccc(S(=O)(=O)N(C)C)cc2)CC1. The van der Waals surface area contributed by atoms with Crippen molar-refractivity contribution < 1.29 is 16.8 Å². The smallest absolute Gasteiger partial charge is 0.261 e. The molecule has 164 valence electrons. The molecule has 1 aliphatic heterocycles. The zero-order valence-corrected chi connectivity index (χ0v) is 19.6. The second kappa shape index (κ2) is 8.74. The molecule has 2 aromatic rings. The summed E-state index contributed by atoms with van der Waals surface area (Å²) in [5.74, 6) is 0.644. The molecule has 0 bridgehead atoms. The van der Waals surface area contributed by atoms with Crippen molar-refractivity contribution in [1.82, 2.24) is 4.31 Å². The number of nitrogens with zero attached hydrogens (tertiary/aromatic N) is 2. The molecule has 0 aromatic heterocycles. The van der Waals surface area contributed by atoms with E-state index < -0.39 is 20.0 Å². The van der Waals surface area contributed by atoms with Crippen LogP contribution in [-0.2, 0) is 20.0 Å². The third kappa shape index (κ3) is 4.91. The number of piperidine rings is 1. The summed E-state index contributed by atoms with van der Waals surface area (Å²) in [6, 6.07) is 10.3. The van der Waals surface area contributed by atoms with Crippen LogP contribution in [0.1, 0.15) is 19.8 Å². The van der Waals surface area contributed by atoms with Crippen LogP contribution in [0.4, 0.5) is 11.4 Å². The molecule has 0 radical (unpaired) electrons. The van der Waals surface area contributed by atoms with E-state index in [0.717, 1.165) is 35.9 Å². The molecule has 0 spiro atoms. The predicted molar refractivity (Wildman–Crippen MR) is 120 cm³/mol. The third-order valence-electron chi connectivity index (χ3n) is 5.24. The summed E-state index contributed by atoms with van der Waals surface area (Å²) in [6.45, 7) is 3.90. The zero-order chi connectivity index (χ0) is 22.1. The van der Waals surface area contributed by atoms with Crippen molar-refractivity contribution in [1.29, 1.82) is 0 Å². The Balaban J connectivity index is 1.89. The standard InChI is InChI=1S/C20H26ClN3O4S2/c1-15-10-12-24(13-11-15)20-9-4-16(21)14-19(20)22-29(25,26)17-5-7-18(8-6-17)30(27,28)23(2)3/h4-9,14-15,22H,10-13H2,1-3H3. The Morgan fingerprint density at radius 1 is 0.967 bits per heavy atom. The second-order valence-corrected chi connectivity index (χ2v) is 12.0. The highest BCUT2D eigenvalue weighted by atomic mass is 35.5. The van der Waals surface area contributed by atoms with Gasteiger partial charge in [0.2, 0.25) is 10.0 Å². The minimum Gasteiger partial charge on any atom is -0.370 e. The normalized spacial score (nSPS) is 16.1. The number of hydrogen-bond donors (Lipinski definition) is 1. The molecule has 0 unspecified atom stereocenters. The van der Waals surface area contributed by atoms with E-state index in [2.05, 4.69) is 16.5 Å². The fourth-order valence-electron chi connectivity index (χ4n) is 3.32. The van der Waals surface area contributed by atoms with Crippen LogP contribution in [0.3, 0.4) is 0 Å². The van der Waals surface area contributed by atoms with E-state index in [-0.39, 0.29) is 9.79 Å². The maximum atomic E-state index is 13.0. The highest BCUT2D eigenvalue weighted by Gasteiger charge is 2.23. The fourth-order valence-corrected chi connectivity index (χ4v) is 5.46. The van der Waals surface area contributed by atoms with Gasteiger partial charge in [0.1, 0.15) is 0 Å². The Labute approximate surface area is 183 Å². The lowest BCUT2D eigenvalue weighted by Gasteiger charge is -2.33. The van der Waals surface area contributed by atoms with Crippen LogP contribution < -0.4 is 9.62 Å². The van der Waals surface area contributed by atoms with Crippen molar-refractivity contribution in [2.45, 2.75) is 29.6 Å². The van der Waals surface area contributed by atoms with Gasteiger partial charge in [0.25, 0.3) is 10.0 Å². The first-order valence-corrected chi connectivity index (χ1v) is 12.9. The number of halogens is 1. The lowest BCUT2D eigenvalue weighted by atomic mass is 9.98. The fraction of sp³-hybridized carbons (Fsp3) is 0.400. The van der Waals surface area contributed by atoms with Crippen LogP contribution in [0, 0.1) is 5.92 Å². The third-order valence-corrected chi connectivity index (χ3v) is 8.69. The first kappa shape index (κ1) is 22.9. The summed E-state index contributed by atoms with van der Waals surface area (Å²) < 4.78 is 54.0. The molecule has 7 nitrogen and oxygen atoms in total. The second-order valence-electron chi connectivity index (χ2n) is 7.70. The Kier molecular flexibility index (Phi) is 6.66. The van der Waals surface area contributed by atoms with Gasteiger partial charge >= 0.3 is 0 Å². The largest absolute Gasteiger partial charge is 0.370 e. The average molecular weight is 472 g/mol. The number of hydrogen-bond acceptors (Lipinski definition) is 5. The van der Waals surface area contributed by atoms with E-state index in [4.69, 9.17) is 11.6 Å². The summed E-state index contributed by atoms with van der Waals surface area (Å²) in [5.41, 5.74) is 1.18. The lowest BCUT2D eigenvalue weighted by Crippen LogP contribution is -2.33. The van der Waals surface area contributed by atoms with Crippen molar-refractivity contribution in [2.75, 3.05) is 36.8 Å². The molecule has 1 heterocycles. The molecule has 1 N–H and O–H groups in total. The number of sulfonamides is 2. The van der Waals surface area contributed by atoms with Crippen LogP contribution in [0.2, 0.25) is 5.02 Å². The van der Waals surface area contributed by atoms with Gasteiger partial charge in [-0.3, -0.25) is 4.72 Å². The van der Waals surface area contributed by atoms with Crippen LogP contribution in [0.15, 0.2) is 52.3 Å². The van der Waals surface area contributed by atoms with Crippen LogP contribution in [0.5, 0.6) is 0 Å². The van der Waals surface area contributed by atoms with E-state index in [1.807, 2.05) is 6.07 Å². The van der Waals surface area contributed by atoms with E-state index in [1.165, 1.54) is 38.4 Å². The minimum absolute atomic E-state index is 0.0253. The first-order valence-electron chi connectivity index (χ1n) is 9.60. The number of rotatable bonds is 6. The molecular weight excluding hydrogens is 446 g/mol. The van der Waals surface area contributed by atoms with E-state index in [0.29, 0.717) is 16.6 Å². The van der Waals surface area contributed by atoms with E-state index in [1.54, 1.807) is 12.1 Å². The highest BCUT2D eigenvalue weighted by Crippen LogP contribution is 2.33. The summed E-state index contributed by atoms with van der Waals surface area (Å²) in [7, 11) is -4.72. The molecule has 2 aromatic carbocycles. The van der Waals surface area contributed by atoms with Crippen LogP contribution >= 0.6 is 11.6 Å². The Morgan fingerprint density at radius 3 is 2.10 bits per heavy atom. The molecule has 0 amide bonds. The molecule has 10 heteroatoms. The Hall–Kier alpha value is -1.81. The zero-order valence-electron chi connectivity index (χ0n) is 17.2.